The Kier molecular flexibility index (Phi) is 7.92. The molecule has 0 aliphatic heterocycles. The highest BCUT2D eigenvalue weighted by Crippen LogP contribution is 2.26. The van der Waals surface area contributed by atoms with Crippen molar-refractivity contribution in [3.8, 4) is 5.75 Å². The molecule has 0 aliphatic rings. The monoisotopic (exact) mass is 456 g/mol. The molecule has 31 heavy (non-hydrogen) atoms. The zero-order valence-electron chi connectivity index (χ0n) is 17.0. The summed E-state index contributed by atoms with van der Waals surface area (Å²) in [4.78, 5) is 24.7. The number of rotatable bonds is 9. The van der Waals surface area contributed by atoms with Crippen LogP contribution in [0, 0.1) is 6.92 Å². The fourth-order valence-corrected chi connectivity index (χ4v) is 3.53. The van der Waals surface area contributed by atoms with E-state index in [9.17, 15) is 26.8 Å². The van der Waals surface area contributed by atoms with Gasteiger partial charge >= 0.3 is 12.6 Å². The van der Waals surface area contributed by atoms with E-state index in [1.165, 1.54) is 31.2 Å². The predicted octanol–water partition coefficient (Wildman–Crippen LogP) is 2.93. The molecule has 2 aromatic carbocycles. The van der Waals surface area contributed by atoms with Crippen molar-refractivity contribution in [1.82, 2.24) is 0 Å². The van der Waals surface area contributed by atoms with Crippen LogP contribution in [0.3, 0.4) is 0 Å². The molecule has 2 aromatic rings. The Morgan fingerprint density at radius 3 is 2.32 bits per heavy atom. The number of benzene rings is 2. The van der Waals surface area contributed by atoms with Gasteiger partial charge in [-0.3, -0.25) is 13.9 Å². The Labute approximate surface area is 178 Å². The van der Waals surface area contributed by atoms with Crippen LogP contribution in [0.25, 0.3) is 0 Å². The van der Waals surface area contributed by atoms with Gasteiger partial charge in [-0.1, -0.05) is 30.3 Å². The molecule has 0 heterocycles. The van der Waals surface area contributed by atoms with Crippen molar-refractivity contribution in [2.45, 2.75) is 26.6 Å². The standard InChI is InChI=1S/C20H22F2N2O6S/c1-13-8-4-6-10-16(13)24(31(3,27)28)12-18(25)29-14(2)19(26)23-15-9-5-7-11-17(15)30-20(21)22/h4-11,14,20H,12H2,1-3H3,(H,23,26). The fraction of sp³-hybridized carbons (Fsp3) is 0.300. The second-order valence-corrected chi connectivity index (χ2v) is 8.46. The minimum atomic E-state index is -3.81. The number of sulfonamides is 1. The average Bonchev–Trinajstić information content (AvgIpc) is 2.67. The van der Waals surface area contributed by atoms with E-state index in [2.05, 4.69) is 10.1 Å². The van der Waals surface area contributed by atoms with E-state index in [4.69, 9.17) is 4.74 Å². The minimum Gasteiger partial charge on any atom is -0.451 e. The van der Waals surface area contributed by atoms with E-state index in [1.54, 1.807) is 31.2 Å². The van der Waals surface area contributed by atoms with Gasteiger partial charge in [0, 0.05) is 0 Å². The Balaban J connectivity index is 2.08. The maximum absolute atomic E-state index is 12.5. The van der Waals surface area contributed by atoms with E-state index in [-0.39, 0.29) is 11.4 Å². The summed E-state index contributed by atoms with van der Waals surface area (Å²) in [7, 11) is -3.81. The molecule has 1 amide bonds. The topological polar surface area (TPSA) is 102 Å². The van der Waals surface area contributed by atoms with Gasteiger partial charge in [0.05, 0.1) is 17.6 Å². The molecular formula is C20H22F2N2O6S. The lowest BCUT2D eigenvalue weighted by Crippen LogP contribution is -2.39. The van der Waals surface area contributed by atoms with Crippen LogP contribution in [0.1, 0.15) is 12.5 Å². The SMILES string of the molecule is Cc1ccccc1N(CC(=O)OC(C)C(=O)Nc1ccccc1OC(F)F)S(C)(=O)=O. The van der Waals surface area contributed by atoms with Crippen LogP contribution in [0.4, 0.5) is 20.2 Å². The lowest BCUT2D eigenvalue weighted by atomic mass is 10.2. The predicted molar refractivity (Wildman–Crippen MR) is 111 cm³/mol. The van der Waals surface area contributed by atoms with Crippen molar-refractivity contribution < 1.29 is 36.3 Å². The molecule has 2 rings (SSSR count). The molecule has 0 saturated carbocycles. The van der Waals surface area contributed by atoms with E-state index in [0.29, 0.717) is 11.3 Å². The molecule has 0 spiro atoms. The summed E-state index contributed by atoms with van der Waals surface area (Å²) in [5.74, 6) is -2.03. The Hall–Kier alpha value is -3.21. The lowest BCUT2D eigenvalue weighted by Gasteiger charge is -2.24. The van der Waals surface area contributed by atoms with E-state index in [1.807, 2.05) is 0 Å². The zero-order valence-corrected chi connectivity index (χ0v) is 17.9. The van der Waals surface area contributed by atoms with Crippen LogP contribution in [-0.4, -0.2) is 45.8 Å². The number of hydrogen-bond acceptors (Lipinski definition) is 6. The molecule has 0 aliphatic carbocycles. The third-order valence-electron chi connectivity index (χ3n) is 4.10. The zero-order chi connectivity index (χ0) is 23.2. The molecule has 1 atom stereocenters. The van der Waals surface area contributed by atoms with Gasteiger partial charge in [-0.05, 0) is 37.6 Å². The number of amides is 1. The number of nitrogens with zero attached hydrogens (tertiary/aromatic N) is 1. The van der Waals surface area contributed by atoms with Crippen molar-refractivity contribution in [1.29, 1.82) is 0 Å². The number of esters is 1. The molecule has 0 aromatic heterocycles. The van der Waals surface area contributed by atoms with Gasteiger partial charge in [0.25, 0.3) is 5.91 Å². The third kappa shape index (κ3) is 6.92. The molecule has 0 saturated heterocycles. The summed E-state index contributed by atoms with van der Waals surface area (Å²) in [6.07, 6.45) is -0.381. The van der Waals surface area contributed by atoms with E-state index >= 15 is 0 Å². The van der Waals surface area contributed by atoms with E-state index < -0.39 is 41.2 Å². The highest BCUT2D eigenvalue weighted by molar-refractivity contribution is 7.92. The van der Waals surface area contributed by atoms with Crippen LogP contribution >= 0.6 is 0 Å². The number of nitrogens with one attached hydrogen (secondary N) is 1. The summed E-state index contributed by atoms with van der Waals surface area (Å²) in [5, 5.41) is 2.34. The number of carbonyl (C=O) groups is 2. The van der Waals surface area contributed by atoms with Gasteiger partial charge in [0.1, 0.15) is 12.3 Å². The van der Waals surface area contributed by atoms with Crippen LogP contribution < -0.4 is 14.4 Å². The number of para-hydroxylation sites is 3. The summed E-state index contributed by atoms with van der Waals surface area (Å²) in [6, 6.07) is 12.1. The van der Waals surface area contributed by atoms with Crippen molar-refractivity contribution in [3.05, 3.63) is 54.1 Å². The van der Waals surface area contributed by atoms with Gasteiger partial charge in [-0.25, -0.2) is 8.42 Å². The van der Waals surface area contributed by atoms with E-state index in [0.717, 1.165) is 10.6 Å². The summed E-state index contributed by atoms with van der Waals surface area (Å²) in [5.41, 5.74) is 0.896. The largest absolute Gasteiger partial charge is 0.451 e. The maximum atomic E-state index is 12.5. The highest BCUT2D eigenvalue weighted by Gasteiger charge is 2.26. The second-order valence-electron chi connectivity index (χ2n) is 6.55. The van der Waals surface area contributed by atoms with Gasteiger partial charge in [-0.2, -0.15) is 8.78 Å². The molecule has 1 unspecified atom stereocenters. The second kappa shape index (κ2) is 10.2. The molecule has 1 N–H and O–H groups in total. The number of alkyl halides is 2. The third-order valence-corrected chi connectivity index (χ3v) is 5.22. The summed E-state index contributed by atoms with van der Waals surface area (Å²) < 4.78 is 59.6. The highest BCUT2D eigenvalue weighted by atomic mass is 32.2. The van der Waals surface area contributed by atoms with Crippen molar-refractivity contribution >= 4 is 33.3 Å². The molecule has 8 nitrogen and oxygen atoms in total. The average molecular weight is 456 g/mol. The summed E-state index contributed by atoms with van der Waals surface area (Å²) in [6.45, 7) is -0.778. The molecule has 0 radical (unpaired) electrons. The van der Waals surface area contributed by atoms with Gasteiger partial charge < -0.3 is 14.8 Å². The first-order valence-corrected chi connectivity index (χ1v) is 10.9. The van der Waals surface area contributed by atoms with Gasteiger partial charge in [0.2, 0.25) is 10.0 Å². The normalized spacial score (nSPS) is 12.2. The summed E-state index contributed by atoms with van der Waals surface area (Å²) >= 11 is 0. The van der Waals surface area contributed by atoms with Gasteiger partial charge in [0.15, 0.2) is 6.10 Å². The number of ether oxygens (including phenoxy) is 2. The van der Waals surface area contributed by atoms with Crippen molar-refractivity contribution in [2.24, 2.45) is 0 Å². The molecular weight excluding hydrogens is 434 g/mol. The molecule has 11 heteroatoms. The Morgan fingerprint density at radius 2 is 1.71 bits per heavy atom. The Morgan fingerprint density at radius 1 is 1.10 bits per heavy atom. The maximum Gasteiger partial charge on any atom is 0.387 e. The minimum absolute atomic E-state index is 0.0339. The number of carbonyl (C=O) groups excluding carboxylic acids is 2. The van der Waals surface area contributed by atoms with Crippen LogP contribution in [0.5, 0.6) is 5.75 Å². The van der Waals surface area contributed by atoms with Crippen molar-refractivity contribution in [3.63, 3.8) is 0 Å². The fourth-order valence-electron chi connectivity index (χ4n) is 2.63. The smallest absolute Gasteiger partial charge is 0.387 e. The molecule has 0 bridgehead atoms. The first kappa shape index (κ1) is 24.1. The number of hydrogen-bond donors (Lipinski definition) is 1. The first-order valence-electron chi connectivity index (χ1n) is 9.06. The lowest BCUT2D eigenvalue weighted by molar-refractivity contribution is -0.151. The number of aryl methyl sites for hydroxylation is 1. The molecule has 168 valence electrons. The Bertz CT molecular complexity index is 1050. The molecule has 0 fully saturated rings. The quantitative estimate of drug-likeness (QED) is 0.582. The van der Waals surface area contributed by atoms with Gasteiger partial charge in [-0.15, -0.1) is 0 Å². The van der Waals surface area contributed by atoms with Crippen LogP contribution in [-0.2, 0) is 24.3 Å². The number of halogens is 2. The first-order chi connectivity index (χ1) is 14.5. The van der Waals surface area contributed by atoms with Crippen LogP contribution in [0.2, 0.25) is 0 Å². The number of anilines is 2. The van der Waals surface area contributed by atoms with Crippen LogP contribution in [0.15, 0.2) is 48.5 Å². The van der Waals surface area contributed by atoms with Crippen molar-refractivity contribution in [2.75, 3.05) is 22.4 Å².